The van der Waals surface area contributed by atoms with Crippen LogP contribution >= 0.6 is 0 Å². The van der Waals surface area contributed by atoms with E-state index in [0.29, 0.717) is 43.3 Å². The molecule has 8 heteroatoms. The predicted molar refractivity (Wildman–Crippen MR) is 123 cm³/mol. The molecule has 33 heavy (non-hydrogen) atoms. The molecule has 0 bridgehead atoms. The lowest BCUT2D eigenvalue weighted by Crippen LogP contribution is -2.42. The number of carbonyl (C=O) groups is 2. The van der Waals surface area contributed by atoms with Crippen LogP contribution in [-0.4, -0.2) is 77.1 Å². The lowest BCUT2D eigenvalue weighted by Gasteiger charge is -2.30. The fraction of sp³-hybridized carbons (Fsp3) is 0.400. The van der Waals surface area contributed by atoms with Crippen LogP contribution in [0, 0.1) is 0 Å². The summed E-state index contributed by atoms with van der Waals surface area (Å²) >= 11 is 0. The number of nitrogens with zero attached hydrogens (tertiary/aromatic N) is 3. The Balaban J connectivity index is 1.67. The molecule has 2 saturated heterocycles. The van der Waals surface area contributed by atoms with Gasteiger partial charge in [0.05, 0.1) is 30.6 Å². The number of amides is 1. The molecule has 1 atom stereocenters. The lowest BCUT2D eigenvalue weighted by molar-refractivity contribution is -0.140. The second-order valence-electron chi connectivity index (χ2n) is 8.39. The molecule has 0 radical (unpaired) electrons. The van der Waals surface area contributed by atoms with Crippen molar-refractivity contribution in [3.8, 4) is 5.75 Å². The van der Waals surface area contributed by atoms with Crippen molar-refractivity contribution < 1.29 is 24.2 Å². The molecule has 0 spiro atoms. The van der Waals surface area contributed by atoms with Gasteiger partial charge in [0.25, 0.3) is 11.7 Å². The van der Waals surface area contributed by atoms with E-state index in [1.165, 1.54) is 4.90 Å². The van der Waals surface area contributed by atoms with Crippen LogP contribution in [-0.2, 0) is 14.3 Å². The Morgan fingerprint density at radius 1 is 1.12 bits per heavy atom. The quantitative estimate of drug-likeness (QED) is 0.393. The summed E-state index contributed by atoms with van der Waals surface area (Å²) in [6, 6.07) is 11.4. The Morgan fingerprint density at radius 2 is 1.85 bits per heavy atom. The number of morpholine rings is 1. The molecule has 1 aromatic carbocycles. The van der Waals surface area contributed by atoms with Gasteiger partial charge < -0.3 is 19.5 Å². The standard InChI is InChI=1S/C25H29N3O5/c1-17(2)33-19-8-6-18(7-9-19)23(29)21-22(20-5-3-4-10-26-20)28(25(31)24(21)30)12-11-27-13-15-32-16-14-27/h3-10,17,22,29H,11-16H2,1-2H3/t22-/m1/s1. The molecular formula is C25H29N3O5. The third kappa shape index (κ3) is 5.07. The third-order valence-corrected chi connectivity index (χ3v) is 5.77. The molecule has 1 N–H and O–H groups in total. The number of rotatable bonds is 7. The first kappa shape index (κ1) is 22.9. The van der Waals surface area contributed by atoms with Crippen molar-refractivity contribution in [3.63, 3.8) is 0 Å². The van der Waals surface area contributed by atoms with E-state index < -0.39 is 17.7 Å². The molecule has 0 aliphatic carbocycles. The maximum atomic E-state index is 13.1. The number of ketones is 1. The fourth-order valence-corrected chi connectivity index (χ4v) is 4.15. The minimum Gasteiger partial charge on any atom is -0.507 e. The number of pyridine rings is 1. The van der Waals surface area contributed by atoms with Gasteiger partial charge in [0, 0.05) is 37.9 Å². The number of aliphatic hydroxyl groups is 1. The van der Waals surface area contributed by atoms with Gasteiger partial charge in [0.2, 0.25) is 0 Å². The van der Waals surface area contributed by atoms with Crippen LogP contribution in [0.2, 0.25) is 0 Å². The first-order chi connectivity index (χ1) is 16.0. The summed E-state index contributed by atoms with van der Waals surface area (Å²) < 4.78 is 11.1. The highest BCUT2D eigenvalue weighted by atomic mass is 16.5. The Labute approximate surface area is 193 Å². The minimum absolute atomic E-state index is 0.0189. The number of aromatic nitrogens is 1. The van der Waals surface area contributed by atoms with Crippen LogP contribution in [0.3, 0.4) is 0 Å². The number of Topliss-reactive ketones (excluding diaryl/α,β-unsaturated/α-hetero) is 1. The Bertz CT molecular complexity index is 1010. The van der Waals surface area contributed by atoms with Crippen molar-refractivity contribution in [1.82, 2.24) is 14.8 Å². The van der Waals surface area contributed by atoms with Gasteiger partial charge in [-0.3, -0.25) is 19.5 Å². The van der Waals surface area contributed by atoms with E-state index in [2.05, 4.69) is 9.88 Å². The van der Waals surface area contributed by atoms with E-state index in [1.54, 1.807) is 42.6 Å². The van der Waals surface area contributed by atoms with E-state index in [1.807, 2.05) is 19.9 Å². The highest BCUT2D eigenvalue weighted by Crippen LogP contribution is 2.38. The van der Waals surface area contributed by atoms with Gasteiger partial charge in [-0.1, -0.05) is 6.07 Å². The Morgan fingerprint density at radius 3 is 2.48 bits per heavy atom. The molecular weight excluding hydrogens is 422 g/mol. The van der Waals surface area contributed by atoms with Gasteiger partial charge in [-0.2, -0.15) is 0 Å². The Kier molecular flexibility index (Phi) is 7.05. The maximum Gasteiger partial charge on any atom is 0.295 e. The zero-order chi connectivity index (χ0) is 23.4. The number of ether oxygens (including phenoxy) is 2. The second-order valence-corrected chi connectivity index (χ2v) is 8.39. The summed E-state index contributed by atoms with van der Waals surface area (Å²) in [6.07, 6.45) is 1.64. The lowest BCUT2D eigenvalue weighted by atomic mass is 9.98. The van der Waals surface area contributed by atoms with Crippen molar-refractivity contribution in [3.05, 3.63) is 65.5 Å². The second kappa shape index (κ2) is 10.1. The van der Waals surface area contributed by atoms with Crippen LogP contribution in [0.4, 0.5) is 0 Å². The van der Waals surface area contributed by atoms with Crippen LogP contribution < -0.4 is 4.74 Å². The Hall–Kier alpha value is -3.23. The topological polar surface area (TPSA) is 92.2 Å². The number of aliphatic hydroxyl groups excluding tert-OH is 1. The number of hydrogen-bond donors (Lipinski definition) is 1. The van der Waals surface area contributed by atoms with Crippen LogP contribution in [0.15, 0.2) is 54.2 Å². The van der Waals surface area contributed by atoms with Crippen LogP contribution in [0.1, 0.15) is 31.1 Å². The molecule has 1 aromatic heterocycles. The van der Waals surface area contributed by atoms with Gasteiger partial charge in [-0.25, -0.2) is 0 Å². The minimum atomic E-state index is -0.751. The molecule has 4 rings (SSSR count). The molecule has 2 aliphatic heterocycles. The average molecular weight is 452 g/mol. The predicted octanol–water partition coefficient (Wildman–Crippen LogP) is 2.62. The molecule has 2 aromatic rings. The van der Waals surface area contributed by atoms with Gasteiger partial charge in [0.15, 0.2) is 0 Å². The molecule has 0 unspecified atom stereocenters. The SMILES string of the molecule is CC(C)Oc1ccc(C(O)=C2C(=O)C(=O)N(CCN3CCOCC3)[C@@H]2c2ccccn2)cc1. The monoisotopic (exact) mass is 451 g/mol. The summed E-state index contributed by atoms with van der Waals surface area (Å²) in [5, 5.41) is 11.1. The van der Waals surface area contributed by atoms with E-state index in [-0.39, 0.29) is 17.4 Å². The van der Waals surface area contributed by atoms with Gasteiger partial charge in [-0.15, -0.1) is 0 Å². The summed E-state index contributed by atoms with van der Waals surface area (Å²) in [6.45, 7) is 7.69. The molecule has 0 saturated carbocycles. The summed E-state index contributed by atoms with van der Waals surface area (Å²) in [5.74, 6) is -0.879. The van der Waals surface area contributed by atoms with Crippen molar-refractivity contribution in [1.29, 1.82) is 0 Å². The first-order valence-corrected chi connectivity index (χ1v) is 11.2. The molecule has 1 amide bonds. The van der Waals surface area contributed by atoms with Crippen molar-refractivity contribution in [2.45, 2.75) is 26.0 Å². The highest BCUT2D eigenvalue weighted by molar-refractivity contribution is 6.46. The molecule has 2 aliphatic rings. The van der Waals surface area contributed by atoms with Crippen molar-refractivity contribution in [2.75, 3.05) is 39.4 Å². The number of benzene rings is 1. The van der Waals surface area contributed by atoms with E-state index in [0.717, 1.165) is 13.1 Å². The van der Waals surface area contributed by atoms with E-state index >= 15 is 0 Å². The maximum absolute atomic E-state index is 13.1. The van der Waals surface area contributed by atoms with Crippen LogP contribution in [0.5, 0.6) is 5.75 Å². The van der Waals surface area contributed by atoms with Crippen molar-refractivity contribution in [2.24, 2.45) is 0 Å². The molecule has 3 heterocycles. The number of hydrogen-bond acceptors (Lipinski definition) is 7. The van der Waals surface area contributed by atoms with Crippen molar-refractivity contribution >= 4 is 17.4 Å². The van der Waals surface area contributed by atoms with E-state index in [4.69, 9.17) is 9.47 Å². The normalized spacial score (nSPS) is 21.1. The van der Waals surface area contributed by atoms with Crippen LogP contribution in [0.25, 0.3) is 5.76 Å². The summed E-state index contributed by atoms with van der Waals surface area (Å²) in [5.41, 5.74) is 1.04. The fourth-order valence-electron chi connectivity index (χ4n) is 4.15. The first-order valence-electron chi connectivity index (χ1n) is 11.2. The van der Waals surface area contributed by atoms with Gasteiger partial charge in [0.1, 0.15) is 17.6 Å². The van der Waals surface area contributed by atoms with Gasteiger partial charge in [-0.05, 0) is 50.2 Å². The zero-order valence-electron chi connectivity index (χ0n) is 18.9. The smallest absolute Gasteiger partial charge is 0.295 e. The molecule has 2 fully saturated rings. The van der Waals surface area contributed by atoms with E-state index in [9.17, 15) is 14.7 Å². The third-order valence-electron chi connectivity index (χ3n) is 5.77. The number of likely N-dealkylation sites (tertiary alicyclic amines) is 1. The molecule has 8 nitrogen and oxygen atoms in total. The largest absolute Gasteiger partial charge is 0.507 e. The average Bonchev–Trinajstić information content (AvgIpc) is 3.08. The zero-order valence-corrected chi connectivity index (χ0v) is 18.9. The summed E-state index contributed by atoms with van der Waals surface area (Å²) in [4.78, 5) is 34.2. The molecule has 174 valence electrons. The summed E-state index contributed by atoms with van der Waals surface area (Å²) in [7, 11) is 0. The van der Waals surface area contributed by atoms with Gasteiger partial charge >= 0.3 is 0 Å². The highest BCUT2D eigenvalue weighted by Gasteiger charge is 2.46. The number of carbonyl (C=O) groups excluding carboxylic acids is 2.